The number of benzene rings is 1. The molecule has 130 valence electrons. The molecule has 0 fully saturated rings. The summed E-state index contributed by atoms with van der Waals surface area (Å²) >= 11 is 7.78. The summed E-state index contributed by atoms with van der Waals surface area (Å²) in [4.78, 5) is 0. The van der Waals surface area contributed by atoms with E-state index < -0.39 is 0 Å². The molecule has 0 saturated carbocycles. The number of methoxy groups -OCH3 is 1. The molecular weight excluding hydrogens is 348 g/mol. The number of nitrogens with zero attached hydrogens (tertiary/aromatic N) is 4. The predicted molar refractivity (Wildman–Crippen MR) is 98.1 cm³/mol. The fourth-order valence-electron chi connectivity index (χ4n) is 2.10. The molecule has 0 aliphatic carbocycles. The Kier molecular flexibility index (Phi) is 6.51. The summed E-state index contributed by atoms with van der Waals surface area (Å²) in [6, 6.07) is 3.62. The van der Waals surface area contributed by atoms with Crippen molar-refractivity contribution < 1.29 is 9.47 Å². The average Bonchev–Trinajstić information content (AvgIpc) is 2.98. The smallest absolute Gasteiger partial charge is 0.211 e. The van der Waals surface area contributed by atoms with Crippen LogP contribution < -0.4 is 9.47 Å². The van der Waals surface area contributed by atoms with E-state index in [1.807, 2.05) is 19.2 Å². The van der Waals surface area contributed by atoms with Crippen LogP contribution in [0.1, 0.15) is 38.1 Å². The standard InChI is InChI=1S/C16H21ClN4O2S/c1-6-23-14-12(17)7-11(8-13(14)22-4)9-18-21-15(10(2)3)19-20-16(21)24-5/h7-10H,6H2,1-5H3/b18-9-. The second-order valence-corrected chi connectivity index (χ2v) is 6.40. The van der Waals surface area contributed by atoms with Gasteiger partial charge in [0.1, 0.15) is 0 Å². The second-order valence-electron chi connectivity index (χ2n) is 5.22. The van der Waals surface area contributed by atoms with Crippen LogP contribution in [0.25, 0.3) is 0 Å². The summed E-state index contributed by atoms with van der Waals surface area (Å²) in [6.07, 6.45) is 3.65. The van der Waals surface area contributed by atoms with Gasteiger partial charge in [-0.3, -0.25) is 0 Å². The third-order valence-electron chi connectivity index (χ3n) is 3.20. The topological polar surface area (TPSA) is 61.5 Å². The number of rotatable bonds is 7. The Labute approximate surface area is 151 Å². The zero-order valence-electron chi connectivity index (χ0n) is 14.4. The lowest BCUT2D eigenvalue weighted by Gasteiger charge is -2.12. The highest BCUT2D eigenvalue weighted by atomic mass is 35.5. The zero-order valence-corrected chi connectivity index (χ0v) is 16.0. The van der Waals surface area contributed by atoms with Crippen molar-refractivity contribution in [1.29, 1.82) is 0 Å². The van der Waals surface area contributed by atoms with Gasteiger partial charge in [-0.15, -0.1) is 10.2 Å². The van der Waals surface area contributed by atoms with E-state index in [9.17, 15) is 0 Å². The van der Waals surface area contributed by atoms with Crippen LogP contribution in [-0.2, 0) is 0 Å². The maximum Gasteiger partial charge on any atom is 0.211 e. The summed E-state index contributed by atoms with van der Waals surface area (Å²) in [5, 5.41) is 14.1. The zero-order chi connectivity index (χ0) is 17.7. The number of ether oxygens (including phenoxy) is 2. The molecule has 8 heteroatoms. The van der Waals surface area contributed by atoms with Gasteiger partial charge >= 0.3 is 0 Å². The van der Waals surface area contributed by atoms with Crippen molar-refractivity contribution in [3.8, 4) is 11.5 Å². The van der Waals surface area contributed by atoms with Gasteiger partial charge in [0, 0.05) is 5.92 Å². The first-order chi connectivity index (χ1) is 11.5. The van der Waals surface area contributed by atoms with E-state index in [0.29, 0.717) is 23.1 Å². The molecular formula is C16H21ClN4O2S. The van der Waals surface area contributed by atoms with Gasteiger partial charge in [0.05, 0.1) is 25.0 Å². The maximum absolute atomic E-state index is 6.29. The van der Waals surface area contributed by atoms with E-state index in [4.69, 9.17) is 21.1 Å². The quantitative estimate of drug-likeness (QED) is 0.544. The molecule has 0 radical (unpaired) electrons. The number of halogens is 1. The molecule has 2 aromatic rings. The number of aromatic nitrogens is 3. The predicted octanol–water partition coefficient (Wildman–Crippen LogP) is 4.07. The molecule has 0 unspecified atom stereocenters. The molecule has 1 heterocycles. The van der Waals surface area contributed by atoms with Gasteiger partial charge in [0.15, 0.2) is 17.3 Å². The summed E-state index contributed by atoms with van der Waals surface area (Å²) in [5.74, 6) is 2.13. The van der Waals surface area contributed by atoms with Crippen LogP contribution in [0.2, 0.25) is 5.02 Å². The van der Waals surface area contributed by atoms with E-state index >= 15 is 0 Å². The molecule has 1 aromatic carbocycles. The Morgan fingerprint density at radius 2 is 2.12 bits per heavy atom. The van der Waals surface area contributed by atoms with E-state index in [-0.39, 0.29) is 5.92 Å². The number of hydrogen-bond donors (Lipinski definition) is 0. The molecule has 2 rings (SSSR count). The second kappa shape index (κ2) is 8.39. The molecule has 0 atom stereocenters. The minimum Gasteiger partial charge on any atom is -0.493 e. The molecule has 0 amide bonds. The largest absolute Gasteiger partial charge is 0.493 e. The summed E-state index contributed by atoms with van der Waals surface area (Å²) in [7, 11) is 1.58. The third kappa shape index (κ3) is 4.02. The summed E-state index contributed by atoms with van der Waals surface area (Å²) in [6.45, 7) is 6.52. The van der Waals surface area contributed by atoms with Crippen LogP contribution in [0.3, 0.4) is 0 Å². The molecule has 24 heavy (non-hydrogen) atoms. The monoisotopic (exact) mass is 368 g/mol. The van der Waals surface area contributed by atoms with Gasteiger partial charge in [-0.05, 0) is 30.9 Å². The summed E-state index contributed by atoms with van der Waals surface area (Å²) in [5.41, 5.74) is 0.802. The average molecular weight is 369 g/mol. The van der Waals surface area contributed by atoms with Crippen LogP contribution in [0.5, 0.6) is 11.5 Å². The van der Waals surface area contributed by atoms with Crippen molar-refractivity contribution in [2.45, 2.75) is 31.8 Å². The molecule has 0 aliphatic heterocycles. The van der Waals surface area contributed by atoms with Gasteiger partial charge in [0.2, 0.25) is 5.16 Å². The lowest BCUT2D eigenvalue weighted by atomic mass is 10.2. The SMILES string of the molecule is CCOc1c(Cl)cc(/C=N\n2c(SC)nnc2C(C)C)cc1OC. The molecule has 0 saturated heterocycles. The van der Waals surface area contributed by atoms with Gasteiger partial charge in [-0.2, -0.15) is 9.78 Å². The van der Waals surface area contributed by atoms with Crippen molar-refractivity contribution >= 4 is 29.6 Å². The first kappa shape index (κ1) is 18.6. The highest BCUT2D eigenvalue weighted by molar-refractivity contribution is 7.98. The van der Waals surface area contributed by atoms with Crippen LogP contribution in [0.4, 0.5) is 0 Å². The fraction of sp³-hybridized carbons (Fsp3) is 0.438. The normalized spacial score (nSPS) is 11.5. The molecule has 0 N–H and O–H groups in total. The lowest BCUT2D eigenvalue weighted by Crippen LogP contribution is -2.02. The van der Waals surface area contributed by atoms with Gasteiger partial charge in [-0.25, -0.2) is 0 Å². The third-order valence-corrected chi connectivity index (χ3v) is 4.10. The Morgan fingerprint density at radius 3 is 2.71 bits per heavy atom. The lowest BCUT2D eigenvalue weighted by molar-refractivity contribution is 0.311. The highest BCUT2D eigenvalue weighted by Gasteiger charge is 2.14. The molecule has 0 bridgehead atoms. The minimum absolute atomic E-state index is 0.217. The van der Waals surface area contributed by atoms with E-state index in [1.54, 1.807) is 24.1 Å². The van der Waals surface area contributed by atoms with Crippen LogP contribution in [0.15, 0.2) is 22.4 Å². The fourth-order valence-corrected chi connectivity index (χ4v) is 2.81. The Balaban J connectivity index is 2.39. The van der Waals surface area contributed by atoms with Crippen molar-refractivity contribution in [2.24, 2.45) is 5.10 Å². The molecule has 6 nitrogen and oxygen atoms in total. The van der Waals surface area contributed by atoms with Gasteiger partial charge in [-0.1, -0.05) is 37.2 Å². The van der Waals surface area contributed by atoms with Gasteiger partial charge < -0.3 is 9.47 Å². The maximum atomic E-state index is 6.29. The number of thioether (sulfide) groups is 1. The van der Waals surface area contributed by atoms with Crippen molar-refractivity contribution in [3.63, 3.8) is 0 Å². The van der Waals surface area contributed by atoms with E-state index in [0.717, 1.165) is 16.5 Å². The molecule has 0 spiro atoms. The Bertz CT molecular complexity index is 731. The van der Waals surface area contributed by atoms with Crippen molar-refractivity contribution in [2.75, 3.05) is 20.0 Å². The van der Waals surface area contributed by atoms with Crippen molar-refractivity contribution in [1.82, 2.24) is 14.9 Å². The Hall–Kier alpha value is -1.73. The van der Waals surface area contributed by atoms with Crippen LogP contribution in [0, 0.1) is 0 Å². The highest BCUT2D eigenvalue weighted by Crippen LogP contribution is 2.36. The summed E-state index contributed by atoms with van der Waals surface area (Å²) < 4.78 is 12.6. The van der Waals surface area contributed by atoms with E-state index in [2.05, 4.69) is 29.1 Å². The first-order valence-corrected chi connectivity index (χ1v) is 9.16. The van der Waals surface area contributed by atoms with E-state index in [1.165, 1.54) is 11.8 Å². The molecule has 1 aromatic heterocycles. The first-order valence-electron chi connectivity index (χ1n) is 7.55. The number of hydrogen-bond acceptors (Lipinski definition) is 6. The Morgan fingerprint density at radius 1 is 1.38 bits per heavy atom. The van der Waals surface area contributed by atoms with Gasteiger partial charge in [0.25, 0.3) is 0 Å². The molecule has 0 aliphatic rings. The van der Waals surface area contributed by atoms with Crippen LogP contribution >= 0.6 is 23.4 Å². The van der Waals surface area contributed by atoms with Crippen LogP contribution in [-0.4, -0.2) is 41.1 Å². The van der Waals surface area contributed by atoms with Crippen molar-refractivity contribution in [3.05, 3.63) is 28.5 Å². The minimum atomic E-state index is 0.217.